The number of carboxylic acid groups (broad SMARTS) is 1. The molecule has 2 rings (SSSR count). The Bertz CT molecular complexity index is 521. The van der Waals surface area contributed by atoms with Crippen LogP contribution in [0.3, 0.4) is 0 Å². The number of benzene rings is 1. The van der Waals surface area contributed by atoms with E-state index in [1.807, 2.05) is 12.1 Å². The van der Waals surface area contributed by atoms with E-state index in [0.29, 0.717) is 18.0 Å². The first-order valence-electron chi connectivity index (χ1n) is 5.04. The number of nitrogens with two attached hydrogens (primary N) is 1. The van der Waals surface area contributed by atoms with Crippen molar-refractivity contribution in [2.75, 3.05) is 5.73 Å². The zero-order valence-electron chi connectivity index (χ0n) is 9.01. The Morgan fingerprint density at radius 2 is 2.24 bits per heavy atom. The first-order chi connectivity index (χ1) is 8.16. The van der Waals surface area contributed by atoms with Crippen LogP contribution in [0.4, 0.5) is 5.69 Å². The van der Waals surface area contributed by atoms with Crippen LogP contribution in [0.15, 0.2) is 36.5 Å². The lowest BCUT2D eigenvalue weighted by Crippen LogP contribution is -2.02. The Morgan fingerprint density at radius 1 is 1.41 bits per heavy atom. The molecule has 17 heavy (non-hydrogen) atoms. The highest BCUT2D eigenvalue weighted by atomic mass is 16.5. The second-order valence-electron chi connectivity index (χ2n) is 3.54. The van der Waals surface area contributed by atoms with Gasteiger partial charge in [-0.25, -0.2) is 4.79 Å². The van der Waals surface area contributed by atoms with Crippen molar-refractivity contribution in [3.63, 3.8) is 0 Å². The summed E-state index contributed by atoms with van der Waals surface area (Å²) < 4.78 is 5.47. The van der Waals surface area contributed by atoms with Gasteiger partial charge in [-0.1, -0.05) is 0 Å². The number of H-pyrrole nitrogens is 1. The van der Waals surface area contributed by atoms with Crippen LogP contribution in [0.1, 0.15) is 16.1 Å². The fourth-order valence-electron chi connectivity index (χ4n) is 1.43. The molecular formula is C12H12N2O3. The third-order valence-corrected chi connectivity index (χ3v) is 2.30. The molecule has 0 spiro atoms. The van der Waals surface area contributed by atoms with Gasteiger partial charge in [0.15, 0.2) is 0 Å². The van der Waals surface area contributed by atoms with Crippen LogP contribution >= 0.6 is 0 Å². The number of hydrogen-bond acceptors (Lipinski definition) is 3. The zero-order chi connectivity index (χ0) is 12.3. The third kappa shape index (κ3) is 2.57. The van der Waals surface area contributed by atoms with E-state index in [9.17, 15) is 4.79 Å². The number of nitrogens with one attached hydrogen (secondary N) is 1. The second-order valence-corrected chi connectivity index (χ2v) is 3.54. The lowest BCUT2D eigenvalue weighted by atomic mass is 10.2. The molecular weight excluding hydrogens is 220 g/mol. The molecule has 0 saturated heterocycles. The quantitative estimate of drug-likeness (QED) is 0.702. The lowest BCUT2D eigenvalue weighted by Gasteiger charge is -2.08. The van der Waals surface area contributed by atoms with E-state index < -0.39 is 5.97 Å². The van der Waals surface area contributed by atoms with Crippen LogP contribution in [0.5, 0.6) is 5.75 Å². The van der Waals surface area contributed by atoms with E-state index in [1.54, 1.807) is 12.3 Å². The Hall–Kier alpha value is -2.43. The molecule has 0 fully saturated rings. The van der Waals surface area contributed by atoms with Crippen molar-refractivity contribution < 1.29 is 14.6 Å². The number of carbonyl (C=O) groups is 1. The van der Waals surface area contributed by atoms with Gasteiger partial charge in [-0.2, -0.15) is 0 Å². The second kappa shape index (κ2) is 4.61. The predicted octanol–water partition coefficient (Wildman–Crippen LogP) is 1.87. The molecule has 5 nitrogen and oxygen atoms in total. The number of anilines is 1. The zero-order valence-corrected chi connectivity index (χ0v) is 9.01. The van der Waals surface area contributed by atoms with Gasteiger partial charge in [-0.15, -0.1) is 0 Å². The summed E-state index contributed by atoms with van der Waals surface area (Å²) in [4.78, 5) is 13.7. The van der Waals surface area contributed by atoms with Crippen LogP contribution in [0, 0.1) is 0 Å². The predicted molar refractivity (Wildman–Crippen MR) is 62.9 cm³/mol. The molecule has 88 valence electrons. The maximum Gasteiger partial charge on any atom is 0.335 e. The van der Waals surface area contributed by atoms with Crippen molar-refractivity contribution in [2.45, 2.75) is 6.61 Å². The van der Waals surface area contributed by atoms with Crippen LogP contribution < -0.4 is 10.5 Å². The fraction of sp³-hybridized carbons (Fsp3) is 0.0833. The summed E-state index contributed by atoms with van der Waals surface area (Å²) in [5.41, 5.74) is 7.09. The Kier molecular flexibility index (Phi) is 3.00. The molecule has 1 aromatic carbocycles. The Balaban J connectivity index is 2.09. The van der Waals surface area contributed by atoms with Crippen molar-refractivity contribution in [2.24, 2.45) is 0 Å². The van der Waals surface area contributed by atoms with Crippen LogP contribution in [0.2, 0.25) is 0 Å². The average Bonchev–Trinajstić information content (AvgIpc) is 2.80. The number of rotatable bonds is 4. The number of aromatic nitrogens is 1. The van der Waals surface area contributed by atoms with Gasteiger partial charge in [0.25, 0.3) is 0 Å². The van der Waals surface area contributed by atoms with Gasteiger partial charge < -0.3 is 20.6 Å². The minimum Gasteiger partial charge on any atom is -0.485 e. The van der Waals surface area contributed by atoms with Gasteiger partial charge in [0.2, 0.25) is 0 Å². The highest BCUT2D eigenvalue weighted by Gasteiger charge is 2.07. The number of aromatic carboxylic acids is 1. The van der Waals surface area contributed by atoms with Gasteiger partial charge in [-0.3, -0.25) is 0 Å². The summed E-state index contributed by atoms with van der Waals surface area (Å²) >= 11 is 0. The molecule has 0 amide bonds. The molecule has 2 aromatic rings. The fourth-order valence-corrected chi connectivity index (χ4v) is 1.43. The molecule has 0 unspecified atom stereocenters. The van der Waals surface area contributed by atoms with Crippen molar-refractivity contribution in [3.05, 3.63) is 47.8 Å². The summed E-state index contributed by atoms with van der Waals surface area (Å²) in [6.07, 6.45) is 1.80. The molecule has 0 bridgehead atoms. The summed E-state index contributed by atoms with van der Waals surface area (Å²) in [6, 6.07) is 8.16. The minimum absolute atomic E-state index is 0.148. The Morgan fingerprint density at radius 3 is 2.82 bits per heavy atom. The van der Waals surface area contributed by atoms with Crippen LogP contribution in [0.25, 0.3) is 0 Å². The highest BCUT2D eigenvalue weighted by Crippen LogP contribution is 2.23. The minimum atomic E-state index is -1.01. The summed E-state index contributed by atoms with van der Waals surface area (Å²) in [5, 5.41) is 8.78. The van der Waals surface area contributed by atoms with E-state index in [4.69, 9.17) is 15.6 Å². The molecule has 0 radical (unpaired) electrons. The third-order valence-electron chi connectivity index (χ3n) is 2.30. The van der Waals surface area contributed by atoms with Crippen LogP contribution in [-0.2, 0) is 6.61 Å². The van der Waals surface area contributed by atoms with E-state index in [2.05, 4.69) is 4.98 Å². The van der Waals surface area contributed by atoms with Gasteiger partial charge >= 0.3 is 5.97 Å². The maximum absolute atomic E-state index is 10.7. The van der Waals surface area contributed by atoms with Gasteiger partial charge in [-0.05, 0) is 30.3 Å². The molecule has 0 aliphatic rings. The SMILES string of the molecule is Nc1cc(C(=O)O)ccc1OCc1ccc[nH]1. The summed E-state index contributed by atoms with van der Waals surface area (Å²) in [6.45, 7) is 0.365. The molecule has 5 heteroatoms. The summed E-state index contributed by atoms with van der Waals surface area (Å²) in [7, 11) is 0. The number of carboxylic acids is 1. The largest absolute Gasteiger partial charge is 0.485 e. The van der Waals surface area contributed by atoms with Crippen molar-refractivity contribution in [1.29, 1.82) is 0 Å². The van der Waals surface area contributed by atoms with Gasteiger partial charge in [0, 0.05) is 6.20 Å². The summed E-state index contributed by atoms with van der Waals surface area (Å²) in [5.74, 6) is -0.530. The number of nitrogen functional groups attached to an aromatic ring is 1. The smallest absolute Gasteiger partial charge is 0.335 e. The van der Waals surface area contributed by atoms with Crippen molar-refractivity contribution >= 4 is 11.7 Å². The number of ether oxygens (including phenoxy) is 1. The maximum atomic E-state index is 10.7. The molecule has 0 aliphatic heterocycles. The monoisotopic (exact) mass is 232 g/mol. The Labute approximate surface area is 97.8 Å². The number of hydrogen-bond donors (Lipinski definition) is 3. The molecule has 1 heterocycles. The molecule has 0 aliphatic carbocycles. The first-order valence-corrected chi connectivity index (χ1v) is 5.04. The number of aromatic amines is 1. The highest BCUT2D eigenvalue weighted by molar-refractivity contribution is 5.89. The molecule has 4 N–H and O–H groups in total. The topological polar surface area (TPSA) is 88.3 Å². The van der Waals surface area contributed by atoms with Crippen molar-refractivity contribution in [1.82, 2.24) is 4.98 Å². The average molecular weight is 232 g/mol. The van der Waals surface area contributed by atoms with E-state index >= 15 is 0 Å². The van der Waals surface area contributed by atoms with E-state index in [0.717, 1.165) is 5.69 Å². The van der Waals surface area contributed by atoms with Crippen molar-refractivity contribution in [3.8, 4) is 5.75 Å². The molecule has 0 atom stereocenters. The normalized spacial score (nSPS) is 10.1. The first kappa shape index (κ1) is 11.1. The molecule has 0 saturated carbocycles. The standard InChI is InChI=1S/C12H12N2O3/c13-10-6-8(12(15)16)3-4-11(10)17-7-9-2-1-5-14-9/h1-6,14H,7,13H2,(H,15,16). The van der Waals surface area contributed by atoms with E-state index in [1.165, 1.54) is 12.1 Å². The van der Waals surface area contributed by atoms with Gasteiger partial charge in [0.1, 0.15) is 12.4 Å². The van der Waals surface area contributed by atoms with Gasteiger partial charge in [0.05, 0.1) is 16.9 Å². The van der Waals surface area contributed by atoms with E-state index in [-0.39, 0.29) is 5.56 Å². The lowest BCUT2D eigenvalue weighted by molar-refractivity contribution is 0.0697. The molecule has 1 aromatic heterocycles. The van der Waals surface area contributed by atoms with Crippen LogP contribution in [-0.4, -0.2) is 16.1 Å².